The molecule has 0 saturated carbocycles. The lowest BCUT2D eigenvalue weighted by molar-refractivity contribution is 0.240. The summed E-state index contributed by atoms with van der Waals surface area (Å²) in [6.45, 7) is 1.96. The smallest absolute Gasteiger partial charge is 0.121 e. The summed E-state index contributed by atoms with van der Waals surface area (Å²) >= 11 is 2.07. The van der Waals surface area contributed by atoms with Crippen molar-refractivity contribution < 1.29 is 4.74 Å². The highest BCUT2D eigenvalue weighted by atomic mass is 32.2. The molecule has 2 aliphatic rings. The van der Waals surface area contributed by atoms with Gasteiger partial charge in [0.25, 0.3) is 0 Å². The van der Waals surface area contributed by atoms with Crippen molar-refractivity contribution in [2.24, 2.45) is 5.92 Å². The molecule has 0 bridgehead atoms. The Labute approximate surface area is 107 Å². The Morgan fingerprint density at radius 1 is 1.29 bits per heavy atom. The van der Waals surface area contributed by atoms with Gasteiger partial charge in [0.05, 0.1) is 6.61 Å². The third-order valence-corrected chi connectivity index (χ3v) is 4.67. The fourth-order valence-corrected chi connectivity index (χ4v) is 3.69. The highest BCUT2D eigenvalue weighted by Gasteiger charge is 2.15. The predicted octanol–water partition coefficient (Wildman–Crippen LogP) is 3.18. The van der Waals surface area contributed by atoms with Gasteiger partial charge in [-0.25, -0.2) is 0 Å². The van der Waals surface area contributed by atoms with Crippen molar-refractivity contribution in [1.82, 2.24) is 0 Å². The molecule has 3 heteroatoms. The van der Waals surface area contributed by atoms with Gasteiger partial charge in [0, 0.05) is 18.3 Å². The number of benzene rings is 1. The normalized spacial score (nSPS) is 19.8. The second-order valence-electron chi connectivity index (χ2n) is 4.86. The molecule has 0 aliphatic carbocycles. The molecular formula is C14H19NOS. The molecule has 1 fully saturated rings. The van der Waals surface area contributed by atoms with Gasteiger partial charge in [-0.2, -0.15) is 11.8 Å². The van der Waals surface area contributed by atoms with Crippen LogP contribution in [0.2, 0.25) is 0 Å². The molecule has 3 rings (SSSR count). The fourth-order valence-electron chi connectivity index (χ4n) is 2.49. The van der Waals surface area contributed by atoms with Gasteiger partial charge >= 0.3 is 0 Å². The molecule has 0 radical (unpaired) electrons. The van der Waals surface area contributed by atoms with Gasteiger partial charge in [0.2, 0.25) is 0 Å². The van der Waals surface area contributed by atoms with E-state index in [2.05, 4.69) is 35.3 Å². The second-order valence-corrected chi connectivity index (χ2v) is 6.09. The van der Waals surface area contributed by atoms with Crippen molar-refractivity contribution in [3.63, 3.8) is 0 Å². The zero-order valence-electron chi connectivity index (χ0n) is 10.1. The number of fused-ring (bicyclic) bond motifs is 1. The summed E-state index contributed by atoms with van der Waals surface area (Å²) in [4.78, 5) is 0. The topological polar surface area (TPSA) is 21.3 Å². The summed E-state index contributed by atoms with van der Waals surface area (Å²) in [6.07, 6.45) is 3.77. The first-order valence-electron chi connectivity index (χ1n) is 6.49. The van der Waals surface area contributed by atoms with Gasteiger partial charge in [-0.05, 0) is 48.3 Å². The maximum atomic E-state index is 5.92. The minimum Gasteiger partial charge on any atom is -0.493 e. The molecule has 1 N–H and O–H groups in total. The predicted molar refractivity (Wildman–Crippen MR) is 74.2 cm³/mol. The monoisotopic (exact) mass is 249 g/mol. The molecule has 0 atom stereocenters. The van der Waals surface area contributed by atoms with Crippen LogP contribution in [0.15, 0.2) is 18.2 Å². The molecule has 0 unspecified atom stereocenters. The number of anilines is 1. The van der Waals surface area contributed by atoms with Crippen LogP contribution in [0.3, 0.4) is 0 Å². The van der Waals surface area contributed by atoms with Crippen LogP contribution in [0.4, 0.5) is 5.69 Å². The Bertz CT molecular complexity index is 388. The van der Waals surface area contributed by atoms with E-state index < -0.39 is 0 Å². The maximum absolute atomic E-state index is 5.92. The lowest BCUT2D eigenvalue weighted by atomic mass is 10.0. The Morgan fingerprint density at radius 3 is 3.06 bits per heavy atom. The highest BCUT2D eigenvalue weighted by molar-refractivity contribution is 7.99. The molecule has 2 nitrogen and oxygen atoms in total. The number of thioether (sulfide) groups is 1. The first kappa shape index (κ1) is 11.3. The van der Waals surface area contributed by atoms with Crippen LogP contribution in [-0.2, 0) is 6.42 Å². The SMILES string of the molecule is c1cc2c(cc1OCC1CCSCC1)NCC2. The molecule has 0 amide bonds. The van der Waals surface area contributed by atoms with Crippen molar-refractivity contribution in [1.29, 1.82) is 0 Å². The minimum atomic E-state index is 0.762. The van der Waals surface area contributed by atoms with Crippen LogP contribution in [0.5, 0.6) is 5.75 Å². The van der Waals surface area contributed by atoms with E-state index >= 15 is 0 Å². The van der Waals surface area contributed by atoms with E-state index in [1.165, 1.54) is 35.6 Å². The van der Waals surface area contributed by atoms with Gasteiger partial charge < -0.3 is 10.1 Å². The third-order valence-electron chi connectivity index (χ3n) is 3.62. The minimum absolute atomic E-state index is 0.762. The Morgan fingerprint density at radius 2 is 2.18 bits per heavy atom. The molecule has 0 spiro atoms. The highest BCUT2D eigenvalue weighted by Crippen LogP contribution is 2.28. The van der Waals surface area contributed by atoms with Crippen LogP contribution in [0, 0.1) is 5.92 Å². The summed E-state index contributed by atoms with van der Waals surface area (Å²) in [7, 11) is 0. The van der Waals surface area contributed by atoms with Crippen molar-refractivity contribution in [3.05, 3.63) is 23.8 Å². The van der Waals surface area contributed by atoms with Crippen molar-refractivity contribution >= 4 is 17.4 Å². The lowest BCUT2D eigenvalue weighted by Crippen LogP contribution is -2.17. The Kier molecular flexibility index (Phi) is 3.46. The molecule has 2 heterocycles. The molecule has 17 heavy (non-hydrogen) atoms. The summed E-state index contributed by atoms with van der Waals surface area (Å²) in [6, 6.07) is 6.46. The zero-order chi connectivity index (χ0) is 11.5. The molecule has 1 saturated heterocycles. The zero-order valence-corrected chi connectivity index (χ0v) is 10.9. The van der Waals surface area contributed by atoms with Crippen LogP contribution >= 0.6 is 11.8 Å². The molecule has 92 valence electrons. The van der Waals surface area contributed by atoms with Crippen LogP contribution < -0.4 is 10.1 Å². The summed E-state index contributed by atoms with van der Waals surface area (Å²) in [5, 5.41) is 3.40. The second kappa shape index (κ2) is 5.21. The summed E-state index contributed by atoms with van der Waals surface area (Å²) < 4.78 is 5.92. The van der Waals surface area contributed by atoms with Crippen LogP contribution in [0.1, 0.15) is 18.4 Å². The number of nitrogens with one attached hydrogen (secondary N) is 1. The third kappa shape index (κ3) is 2.71. The average molecular weight is 249 g/mol. The van der Waals surface area contributed by atoms with E-state index in [0.717, 1.165) is 31.2 Å². The summed E-state index contributed by atoms with van der Waals surface area (Å²) in [5.74, 6) is 4.40. The summed E-state index contributed by atoms with van der Waals surface area (Å²) in [5.41, 5.74) is 2.69. The van der Waals surface area contributed by atoms with E-state index in [1.54, 1.807) is 0 Å². The Hall–Kier alpha value is -0.830. The van der Waals surface area contributed by atoms with Gasteiger partial charge in [-0.1, -0.05) is 6.07 Å². The van der Waals surface area contributed by atoms with E-state index in [0.29, 0.717) is 0 Å². The van der Waals surface area contributed by atoms with Gasteiger partial charge in [0.1, 0.15) is 5.75 Å². The number of rotatable bonds is 3. The fraction of sp³-hybridized carbons (Fsp3) is 0.571. The quantitative estimate of drug-likeness (QED) is 0.889. The van der Waals surface area contributed by atoms with E-state index in [4.69, 9.17) is 4.74 Å². The number of ether oxygens (including phenoxy) is 1. The van der Waals surface area contributed by atoms with E-state index in [1.807, 2.05) is 0 Å². The average Bonchev–Trinajstić information content (AvgIpc) is 2.85. The largest absolute Gasteiger partial charge is 0.493 e. The van der Waals surface area contributed by atoms with Crippen molar-refractivity contribution in [2.45, 2.75) is 19.3 Å². The van der Waals surface area contributed by atoms with Crippen molar-refractivity contribution in [2.75, 3.05) is 30.0 Å². The molecule has 0 aromatic heterocycles. The standard InChI is InChI=1S/C14H19NOS/c1-2-13(9-14-12(1)3-6-15-14)16-10-11-4-7-17-8-5-11/h1-2,9,11,15H,3-8,10H2. The van der Waals surface area contributed by atoms with Crippen molar-refractivity contribution in [3.8, 4) is 5.75 Å². The van der Waals surface area contributed by atoms with Gasteiger partial charge in [-0.15, -0.1) is 0 Å². The van der Waals surface area contributed by atoms with Crippen LogP contribution in [0.25, 0.3) is 0 Å². The number of hydrogen-bond acceptors (Lipinski definition) is 3. The molecule has 1 aromatic rings. The number of hydrogen-bond donors (Lipinski definition) is 1. The van der Waals surface area contributed by atoms with E-state index in [9.17, 15) is 0 Å². The first-order valence-corrected chi connectivity index (χ1v) is 7.64. The molecule has 2 aliphatic heterocycles. The maximum Gasteiger partial charge on any atom is 0.121 e. The molecular weight excluding hydrogens is 230 g/mol. The first-order chi connectivity index (χ1) is 8.42. The van der Waals surface area contributed by atoms with E-state index in [-0.39, 0.29) is 0 Å². The Balaban J connectivity index is 1.57. The molecule has 1 aromatic carbocycles. The van der Waals surface area contributed by atoms with Gasteiger partial charge in [0.15, 0.2) is 0 Å². The lowest BCUT2D eigenvalue weighted by Gasteiger charge is -2.21. The van der Waals surface area contributed by atoms with Crippen LogP contribution in [-0.4, -0.2) is 24.7 Å². The van der Waals surface area contributed by atoms with Gasteiger partial charge in [-0.3, -0.25) is 0 Å².